The van der Waals surface area contributed by atoms with E-state index in [0.29, 0.717) is 22.5 Å². The zero-order chi connectivity index (χ0) is 19.3. The molecule has 1 aromatic heterocycles. The van der Waals surface area contributed by atoms with E-state index in [1.807, 2.05) is 41.1 Å². The summed E-state index contributed by atoms with van der Waals surface area (Å²) in [6, 6.07) is 17.6. The summed E-state index contributed by atoms with van der Waals surface area (Å²) in [6.45, 7) is 3.89. The predicted molar refractivity (Wildman–Crippen MR) is 115 cm³/mol. The zero-order valence-corrected chi connectivity index (χ0v) is 17.2. The van der Waals surface area contributed by atoms with Crippen LogP contribution in [-0.2, 0) is 0 Å². The highest BCUT2D eigenvalue weighted by atomic mass is 35.5. The Labute approximate surface area is 175 Å². The van der Waals surface area contributed by atoms with E-state index in [-0.39, 0.29) is 0 Å². The summed E-state index contributed by atoms with van der Waals surface area (Å²) in [5.41, 5.74) is 2.86. The van der Waals surface area contributed by atoms with Gasteiger partial charge in [0.1, 0.15) is 6.61 Å². The van der Waals surface area contributed by atoms with E-state index in [4.69, 9.17) is 27.9 Å². The third-order valence-corrected chi connectivity index (χ3v) is 5.75. The first-order chi connectivity index (χ1) is 13.7. The fraction of sp³-hybridized carbons (Fsp3) is 0.318. The Morgan fingerprint density at radius 2 is 1.68 bits per heavy atom. The van der Waals surface area contributed by atoms with Crippen molar-refractivity contribution in [1.29, 1.82) is 0 Å². The van der Waals surface area contributed by atoms with E-state index in [0.717, 1.165) is 36.6 Å². The zero-order valence-electron chi connectivity index (χ0n) is 15.7. The van der Waals surface area contributed by atoms with E-state index in [1.54, 1.807) is 6.07 Å². The Bertz CT molecular complexity index is 921. The normalized spacial score (nSPS) is 14.9. The highest BCUT2D eigenvalue weighted by molar-refractivity contribution is 6.42. The Hall–Kier alpha value is -2.01. The Morgan fingerprint density at radius 1 is 0.893 bits per heavy atom. The largest absolute Gasteiger partial charge is 0.475 e. The number of halogens is 2. The number of piperidine rings is 1. The second-order valence-corrected chi connectivity index (χ2v) is 7.81. The van der Waals surface area contributed by atoms with E-state index in [9.17, 15) is 0 Å². The summed E-state index contributed by atoms with van der Waals surface area (Å²) in [5.74, 6) is 0.613. The summed E-state index contributed by atoms with van der Waals surface area (Å²) in [6.07, 6.45) is 3.90. The Kier molecular flexibility index (Phi) is 6.20. The van der Waals surface area contributed by atoms with Crippen molar-refractivity contribution in [3.8, 4) is 22.8 Å². The smallest absolute Gasteiger partial charge is 0.233 e. The van der Waals surface area contributed by atoms with Crippen LogP contribution in [0.25, 0.3) is 16.9 Å². The molecule has 2 heterocycles. The lowest BCUT2D eigenvalue weighted by Gasteiger charge is -2.25. The minimum atomic E-state index is 0.501. The molecule has 0 N–H and O–H groups in total. The molecule has 3 aromatic rings. The first kappa shape index (κ1) is 19.3. The van der Waals surface area contributed by atoms with Crippen LogP contribution in [0, 0.1) is 0 Å². The lowest BCUT2D eigenvalue weighted by molar-refractivity contribution is 0.180. The molecule has 28 heavy (non-hydrogen) atoms. The number of likely N-dealkylation sites (tertiary alicyclic amines) is 1. The minimum absolute atomic E-state index is 0.501. The number of ether oxygens (including phenoxy) is 1. The quantitative estimate of drug-likeness (QED) is 0.516. The van der Waals surface area contributed by atoms with E-state index in [1.165, 1.54) is 19.3 Å². The van der Waals surface area contributed by atoms with Crippen LogP contribution in [0.15, 0.2) is 54.6 Å². The molecular weight excluding hydrogens is 393 g/mol. The van der Waals surface area contributed by atoms with Crippen molar-refractivity contribution >= 4 is 23.2 Å². The lowest BCUT2D eigenvalue weighted by atomic mass is 10.1. The maximum atomic E-state index is 6.23. The summed E-state index contributed by atoms with van der Waals surface area (Å²) in [4.78, 5) is 2.46. The number of aromatic nitrogens is 2. The van der Waals surface area contributed by atoms with Gasteiger partial charge in [-0.15, -0.1) is 5.10 Å². The molecule has 4 nitrogen and oxygen atoms in total. The number of hydrogen-bond acceptors (Lipinski definition) is 3. The molecule has 0 bridgehead atoms. The van der Waals surface area contributed by atoms with Crippen molar-refractivity contribution in [2.24, 2.45) is 0 Å². The standard InChI is InChI=1S/C22H23Cl2N3O/c23-19-10-9-18(15-20(19)24)27-21(17-7-3-1-4-8-17)16-22(25-27)28-14-13-26-11-5-2-6-12-26/h1,3-4,7-10,15-16H,2,5-6,11-14H2. The summed E-state index contributed by atoms with van der Waals surface area (Å²) in [5, 5.41) is 5.71. The average molecular weight is 416 g/mol. The van der Waals surface area contributed by atoms with Gasteiger partial charge < -0.3 is 4.74 Å². The molecule has 0 saturated carbocycles. The summed E-state index contributed by atoms with van der Waals surface area (Å²) >= 11 is 12.3. The van der Waals surface area contributed by atoms with Gasteiger partial charge in [-0.05, 0) is 44.1 Å². The monoisotopic (exact) mass is 415 g/mol. The van der Waals surface area contributed by atoms with Crippen molar-refractivity contribution in [2.75, 3.05) is 26.2 Å². The van der Waals surface area contributed by atoms with Gasteiger partial charge in [-0.1, -0.05) is 60.0 Å². The molecule has 2 aromatic carbocycles. The molecule has 1 saturated heterocycles. The van der Waals surface area contributed by atoms with Crippen molar-refractivity contribution in [3.63, 3.8) is 0 Å². The molecule has 0 atom stereocenters. The first-order valence-corrected chi connectivity index (χ1v) is 10.4. The number of hydrogen-bond donors (Lipinski definition) is 0. The fourth-order valence-corrected chi connectivity index (χ4v) is 3.81. The van der Waals surface area contributed by atoms with E-state index in [2.05, 4.69) is 22.1 Å². The van der Waals surface area contributed by atoms with Gasteiger partial charge in [0.15, 0.2) is 0 Å². The van der Waals surface area contributed by atoms with Crippen LogP contribution in [0.4, 0.5) is 0 Å². The fourth-order valence-electron chi connectivity index (χ4n) is 3.52. The maximum Gasteiger partial charge on any atom is 0.233 e. The minimum Gasteiger partial charge on any atom is -0.475 e. The summed E-state index contributed by atoms with van der Waals surface area (Å²) < 4.78 is 7.85. The molecule has 0 amide bonds. The Morgan fingerprint density at radius 3 is 2.43 bits per heavy atom. The van der Waals surface area contributed by atoms with Gasteiger partial charge >= 0.3 is 0 Å². The molecular formula is C22H23Cl2N3O. The lowest BCUT2D eigenvalue weighted by Crippen LogP contribution is -2.33. The van der Waals surface area contributed by atoms with Crippen LogP contribution < -0.4 is 4.74 Å². The number of benzene rings is 2. The number of nitrogens with zero attached hydrogens (tertiary/aromatic N) is 3. The van der Waals surface area contributed by atoms with E-state index < -0.39 is 0 Å². The average Bonchev–Trinajstić information content (AvgIpc) is 3.16. The molecule has 6 heteroatoms. The topological polar surface area (TPSA) is 30.3 Å². The summed E-state index contributed by atoms with van der Waals surface area (Å²) in [7, 11) is 0. The van der Waals surface area contributed by atoms with Crippen molar-refractivity contribution < 1.29 is 4.74 Å². The van der Waals surface area contributed by atoms with Gasteiger partial charge in [0.25, 0.3) is 0 Å². The Balaban J connectivity index is 1.57. The van der Waals surface area contributed by atoms with Crippen LogP contribution in [0.3, 0.4) is 0 Å². The van der Waals surface area contributed by atoms with Gasteiger partial charge in [0, 0.05) is 18.2 Å². The molecule has 1 fully saturated rings. The maximum absolute atomic E-state index is 6.23. The highest BCUT2D eigenvalue weighted by Gasteiger charge is 2.15. The third-order valence-electron chi connectivity index (χ3n) is 5.01. The predicted octanol–water partition coefficient (Wildman–Crippen LogP) is 5.71. The highest BCUT2D eigenvalue weighted by Crippen LogP contribution is 2.30. The van der Waals surface area contributed by atoms with Gasteiger partial charge in [-0.3, -0.25) is 4.90 Å². The van der Waals surface area contributed by atoms with Crippen molar-refractivity contribution in [2.45, 2.75) is 19.3 Å². The second-order valence-electron chi connectivity index (χ2n) is 6.99. The van der Waals surface area contributed by atoms with Crippen LogP contribution in [-0.4, -0.2) is 40.9 Å². The van der Waals surface area contributed by atoms with Gasteiger partial charge in [-0.25, -0.2) is 4.68 Å². The second kappa shape index (κ2) is 8.99. The molecule has 1 aliphatic heterocycles. The SMILES string of the molecule is Clc1ccc(-n2nc(OCCN3CCCCC3)cc2-c2ccccc2)cc1Cl. The molecule has 1 aliphatic rings. The molecule has 0 radical (unpaired) electrons. The van der Waals surface area contributed by atoms with Crippen LogP contribution in [0.1, 0.15) is 19.3 Å². The molecule has 0 spiro atoms. The van der Waals surface area contributed by atoms with Crippen LogP contribution in [0.5, 0.6) is 5.88 Å². The molecule has 4 rings (SSSR count). The number of rotatable bonds is 6. The van der Waals surface area contributed by atoms with Crippen LogP contribution in [0.2, 0.25) is 10.0 Å². The van der Waals surface area contributed by atoms with Gasteiger partial charge in [0.2, 0.25) is 5.88 Å². The molecule has 0 unspecified atom stereocenters. The third kappa shape index (κ3) is 4.52. The van der Waals surface area contributed by atoms with Gasteiger partial charge in [-0.2, -0.15) is 0 Å². The van der Waals surface area contributed by atoms with Gasteiger partial charge in [0.05, 0.1) is 21.4 Å². The first-order valence-electron chi connectivity index (χ1n) is 9.67. The van der Waals surface area contributed by atoms with E-state index >= 15 is 0 Å². The van der Waals surface area contributed by atoms with Crippen LogP contribution >= 0.6 is 23.2 Å². The molecule has 0 aliphatic carbocycles. The van der Waals surface area contributed by atoms with Crippen molar-refractivity contribution in [3.05, 3.63) is 64.6 Å². The van der Waals surface area contributed by atoms with Crippen molar-refractivity contribution in [1.82, 2.24) is 14.7 Å². The molecule has 146 valence electrons.